The Labute approximate surface area is 246 Å². The number of amides is 3. The van der Waals surface area contributed by atoms with Gasteiger partial charge in [0.05, 0.1) is 24.3 Å². The highest BCUT2D eigenvalue weighted by atomic mass is 16.6. The van der Waals surface area contributed by atoms with Crippen LogP contribution in [0, 0.1) is 5.92 Å². The largest absolute Gasteiger partial charge is 0.462 e. The molecule has 1 atom stereocenters. The van der Waals surface area contributed by atoms with Gasteiger partial charge in [-0.15, -0.1) is 0 Å². The molecule has 0 aliphatic heterocycles. The molecule has 228 valence electrons. The first-order valence-corrected chi connectivity index (χ1v) is 13.9. The number of anilines is 1. The van der Waals surface area contributed by atoms with Crippen LogP contribution in [0.4, 0.5) is 10.5 Å². The Balaban J connectivity index is 2.28. The fourth-order valence-electron chi connectivity index (χ4n) is 3.57. The lowest BCUT2D eigenvalue weighted by Crippen LogP contribution is -2.55. The molecular formula is C31H41N3O8. The molecule has 0 unspecified atom stereocenters. The molecule has 2 aromatic rings. The summed E-state index contributed by atoms with van der Waals surface area (Å²) in [4.78, 5) is 64.1. The van der Waals surface area contributed by atoms with E-state index in [1.54, 1.807) is 52.0 Å². The highest BCUT2D eigenvalue weighted by molar-refractivity contribution is 5.99. The Morgan fingerprint density at radius 1 is 0.905 bits per heavy atom. The van der Waals surface area contributed by atoms with Crippen LogP contribution in [-0.4, -0.2) is 48.1 Å². The zero-order valence-electron chi connectivity index (χ0n) is 25.1. The fraction of sp³-hybridized carbons (Fsp3) is 0.452. The van der Waals surface area contributed by atoms with Crippen molar-refractivity contribution in [3.05, 3.63) is 65.7 Å². The maximum atomic E-state index is 13.5. The van der Waals surface area contributed by atoms with Crippen LogP contribution in [0.1, 0.15) is 76.7 Å². The molecule has 3 amide bonds. The lowest BCUT2D eigenvalue weighted by Gasteiger charge is -2.27. The zero-order chi connectivity index (χ0) is 31.3. The van der Waals surface area contributed by atoms with Crippen LogP contribution >= 0.6 is 0 Å². The monoisotopic (exact) mass is 583 g/mol. The number of hydrogen-bond donors (Lipinski definition) is 2. The number of nitrogens with one attached hydrogen (secondary N) is 2. The Hall–Kier alpha value is -4.41. The average Bonchev–Trinajstić information content (AvgIpc) is 2.92. The minimum absolute atomic E-state index is 0.0208. The van der Waals surface area contributed by atoms with Gasteiger partial charge in [-0.1, -0.05) is 44.2 Å². The van der Waals surface area contributed by atoms with Crippen LogP contribution in [0.2, 0.25) is 0 Å². The third-order valence-electron chi connectivity index (χ3n) is 5.66. The SMILES string of the molecule is CCOC(=O)c1ccc(N(NC(=O)[C@H](CC(=O)OCc2ccccc2)NC(=O)OC(C)(C)C)C(=O)CCC(C)C)cc1. The Morgan fingerprint density at radius 2 is 1.55 bits per heavy atom. The van der Waals surface area contributed by atoms with E-state index in [4.69, 9.17) is 14.2 Å². The molecule has 0 aliphatic rings. The molecule has 0 fully saturated rings. The Bertz CT molecular complexity index is 1210. The number of hydrogen-bond acceptors (Lipinski definition) is 8. The van der Waals surface area contributed by atoms with E-state index >= 15 is 0 Å². The molecule has 0 heterocycles. The van der Waals surface area contributed by atoms with Gasteiger partial charge in [-0.3, -0.25) is 19.8 Å². The van der Waals surface area contributed by atoms with Crippen molar-refractivity contribution in [3.63, 3.8) is 0 Å². The zero-order valence-corrected chi connectivity index (χ0v) is 25.1. The molecule has 11 heteroatoms. The summed E-state index contributed by atoms with van der Waals surface area (Å²) in [7, 11) is 0. The van der Waals surface area contributed by atoms with Crippen molar-refractivity contribution < 1.29 is 38.2 Å². The van der Waals surface area contributed by atoms with Gasteiger partial charge in [0.2, 0.25) is 5.91 Å². The van der Waals surface area contributed by atoms with Crippen LogP contribution in [0.25, 0.3) is 0 Å². The van der Waals surface area contributed by atoms with E-state index in [1.165, 1.54) is 24.3 Å². The number of nitrogens with zero attached hydrogens (tertiary/aromatic N) is 1. The van der Waals surface area contributed by atoms with E-state index in [1.807, 2.05) is 19.9 Å². The predicted molar refractivity (Wildman–Crippen MR) is 156 cm³/mol. The molecule has 0 saturated carbocycles. The summed E-state index contributed by atoms with van der Waals surface area (Å²) in [6, 6.07) is 13.5. The highest BCUT2D eigenvalue weighted by Crippen LogP contribution is 2.18. The summed E-state index contributed by atoms with van der Waals surface area (Å²) in [5.41, 5.74) is 2.96. The van der Waals surface area contributed by atoms with Crippen molar-refractivity contribution in [1.29, 1.82) is 0 Å². The second kappa shape index (κ2) is 16.1. The maximum Gasteiger partial charge on any atom is 0.408 e. The van der Waals surface area contributed by atoms with Crippen LogP contribution in [0.3, 0.4) is 0 Å². The van der Waals surface area contributed by atoms with Crippen molar-refractivity contribution in [2.75, 3.05) is 11.6 Å². The summed E-state index contributed by atoms with van der Waals surface area (Å²) in [6.07, 6.45) is -0.776. The first kappa shape index (κ1) is 33.8. The standard InChI is InChI=1S/C31H41N3O8/c1-7-40-29(38)23-14-16-24(17-15-23)34(26(35)18-13-21(2)3)33-28(37)25(32-30(39)42-31(4,5)6)19-27(36)41-20-22-11-9-8-10-12-22/h8-12,14-17,21,25H,7,13,18-20H2,1-6H3,(H,32,39)(H,33,37)/t25-/m0/s1. The molecule has 2 N–H and O–H groups in total. The van der Waals surface area contributed by atoms with E-state index in [2.05, 4.69) is 10.7 Å². The van der Waals surface area contributed by atoms with Gasteiger partial charge in [0, 0.05) is 6.42 Å². The molecule has 0 aromatic heterocycles. The molecule has 0 spiro atoms. The van der Waals surface area contributed by atoms with Gasteiger partial charge in [0.1, 0.15) is 18.2 Å². The molecule has 0 aliphatic carbocycles. The number of hydrazine groups is 1. The third-order valence-corrected chi connectivity index (χ3v) is 5.66. The number of rotatable bonds is 12. The number of alkyl carbamates (subject to hydrolysis) is 1. The van der Waals surface area contributed by atoms with Crippen LogP contribution < -0.4 is 15.8 Å². The predicted octanol–water partition coefficient (Wildman–Crippen LogP) is 4.69. The number of carbonyl (C=O) groups is 5. The van der Waals surface area contributed by atoms with E-state index in [0.29, 0.717) is 6.42 Å². The third kappa shape index (κ3) is 12.0. The number of carbonyl (C=O) groups excluding carboxylic acids is 5. The minimum Gasteiger partial charge on any atom is -0.462 e. The van der Waals surface area contributed by atoms with Crippen molar-refractivity contribution in [1.82, 2.24) is 10.7 Å². The normalized spacial score (nSPS) is 11.7. The molecular weight excluding hydrogens is 542 g/mol. The summed E-state index contributed by atoms with van der Waals surface area (Å²) in [6.45, 7) is 10.8. The smallest absolute Gasteiger partial charge is 0.408 e. The van der Waals surface area contributed by atoms with E-state index < -0.39 is 47.9 Å². The lowest BCUT2D eigenvalue weighted by atomic mass is 10.1. The van der Waals surface area contributed by atoms with Crippen molar-refractivity contribution in [2.24, 2.45) is 5.92 Å². The summed E-state index contributed by atoms with van der Waals surface area (Å²) < 4.78 is 15.6. The minimum atomic E-state index is -1.43. The molecule has 0 radical (unpaired) electrons. The van der Waals surface area contributed by atoms with Gasteiger partial charge in [0.25, 0.3) is 5.91 Å². The average molecular weight is 584 g/mol. The maximum absolute atomic E-state index is 13.5. The first-order valence-electron chi connectivity index (χ1n) is 13.9. The summed E-state index contributed by atoms with van der Waals surface area (Å²) in [5, 5.41) is 3.45. The Kier molecular flexibility index (Phi) is 13.0. The second-order valence-corrected chi connectivity index (χ2v) is 11.0. The van der Waals surface area contributed by atoms with Gasteiger partial charge in [-0.25, -0.2) is 14.6 Å². The Morgan fingerprint density at radius 3 is 2.12 bits per heavy atom. The first-order chi connectivity index (χ1) is 19.8. The fourth-order valence-corrected chi connectivity index (χ4v) is 3.57. The topological polar surface area (TPSA) is 140 Å². The van der Waals surface area contributed by atoms with E-state index in [9.17, 15) is 24.0 Å². The number of ether oxygens (including phenoxy) is 3. The quantitative estimate of drug-likeness (QED) is 0.208. The van der Waals surface area contributed by atoms with Crippen molar-refractivity contribution in [2.45, 2.75) is 79.1 Å². The summed E-state index contributed by atoms with van der Waals surface area (Å²) in [5.74, 6) is -2.32. The van der Waals surface area contributed by atoms with E-state index in [0.717, 1.165) is 10.6 Å². The molecule has 0 saturated heterocycles. The molecule has 2 rings (SSSR count). The summed E-state index contributed by atoms with van der Waals surface area (Å²) >= 11 is 0. The molecule has 0 bridgehead atoms. The van der Waals surface area contributed by atoms with Gasteiger partial charge in [0.15, 0.2) is 0 Å². The van der Waals surface area contributed by atoms with Crippen LogP contribution in [0.5, 0.6) is 0 Å². The lowest BCUT2D eigenvalue weighted by molar-refractivity contribution is -0.147. The second-order valence-electron chi connectivity index (χ2n) is 11.0. The number of esters is 2. The molecule has 42 heavy (non-hydrogen) atoms. The highest BCUT2D eigenvalue weighted by Gasteiger charge is 2.30. The van der Waals surface area contributed by atoms with Gasteiger partial charge in [-0.2, -0.15) is 0 Å². The van der Waals surface area contributed by atoms with Gasteiger partial charge in [-0.05, 0) is 69.9 Å². The van der Waals surface area contributed by atoms with Crippen molar-refractivity contribution in [3.8, 4) is 0 Å². The van der Waals surface area contributed by atoms with Crippen LogP contribution in [0.15, 0.2) is 54.6 Å². The molecule has 11 nitrogen and oxygen atoms in total. The van der Waals surface area contributed by atoms with Gasteiger partial charge < -0.3 is 19.5 Å². The van der Waals surface area contributed by atoms with E-state index in [-0.39, 0.29) is 36.8 Å². The van der Waals surface area contributed by atoms with Gasteiger partial charge >= 0.3 is 18.0 Å². The molecule has 2 aromatic carbocycles. The van der Waals surface area contributed by atoms with Crippen molar-refractivity contribution >= 4 is 35.5 Å². The van der Waals surface area contributed by atoms with Crippen LogP contribution in [-0.2, 0) is 35.2 Å². The number of benzene rings is 2.